The van der Waals surface area contributed by atoms with E-state index in [9.17, 15) is 4.79 Å². The van der Waals surface area contributed by atoms with E-state index in [0.29, 0.717) is 12.2 Å². The molecule has 0 unspecified atom stereocenters. The van der Waals surface area contributed by atoms with Crippen molar-refractivity contribution in [2.45, 2.75) is 44.9 Å². The van der Waals surface area contributed by atoms with Crippen molar-refractivity contribution < 1.29 is 14.3 Å². The van der Waals surface area contributed by atoms with E-state index in [4.69, 9.17) is 9.47 Å². The van der Waals surface area contributed by atoms with Crippen LogP contribution >= 0.6 is 0 Å². The van der Waals surface area contributed by atoms with Crippen molar-refractivity contribution in [3.63, 3.8) is 0 Å². The van der Waals surface area contributed by atoms with Crippen LogP contribution in [0.15, 0.2) is 48.5 Å². The van der Waals surface area contributed by atoms with Gasteiger partial charge in [0.2, 0.25) is 0 Å². The molecule has 2 aromatic rings. The molecule has 28 heavy (non-hydrogen) atoms. The van der Waals surface area contributed by atoms with Crippen LogP contribution in [0, 0.1) is 23.7 Å². The van der Waals surface area contributed by atoms with Gasteiger partial charge in [0.1, 0.15) is 11.5 Å². The predicted molar refractivity (Wildman–Crippen MR) is 109 cm³/mol. The average Bonchev–Trinajstić information content (AvgIpc) is 2.69. The van der Waals surface area contributed by atoms with Crippen LogP contribution in [0.4, 0.5) is 0 Å². The third-order valence-electron chi connectivity index (χ3n) is 7.09. The summed E-state index contributed by atoms with van der Waals surface area (Å²) in [6, 6.07) is 15.9. The largest absolute Gasteiger partial charge is 0.462 e. The Morgan fingerprint density at radius 3 is 1.89 bits per heavy atom. The molecule has 0 radical (unpaired) electrons. The second-order valence-electron chi connectivity index (χ2n) is 8.87. The van der Waals surface area contributed by atoms with Gasteiger partial charge in [-0.3, -0.25) is 0 Å². The molecule has 0 aliphatic heterocycles. The Bertz CT molecular complexity index is 809. The molecule has 4 saturated carbocycles. The lowest BCUT2D eigenvalue weighted by Crippen LogP contribution is -2.43. The first-order valence-corrected chi connectivity index (χ1v) is 10.7. The monoisotopic (exact) mass is 376 g/mol. The molecule has 146 valence electrons. The Labute approximate surface area is 167 Å². The van der Waals surface area contributed by atoms with Crippen LogP contribution in [0.2, 0.25) is 0 Å². The summed E-state index contributed by atoms with van der Waals surface area (Å²) in [5.74, 6) is 5.86. The summed E-state index contributed by atoms with van der Waals surface area (Å²) in [5.41, 5.74) is 2.05. The van der Waals surface area contributed by atoms with Crippen LogP contribution in [0.1, 0.15) is 60.9 Å². The normalized spacial score (nSPS) is 30.2. The Morgan fingerprint density at radius 1 is 0.821 bits per heavy atom. The predicted octanol–water partition coefficient (Wildman–Crippen LogP) is 6.20. The first kappa shape index (κ1) is 17.8. The molecule has 0 N–H and O–H groups in total. The summed E-state index contributed by atoms with van der Waals surface area (Å²) in [4.78, 5) is 11.7. The molecule has 3 heteroatoms. The third-order valence-corrected chi connectivity index (χ3v) is 7.09. The van der Waals surface area contributed by atoms with Crippen LogP contribution in [-0.2, 0) is 4.74 Å². The Morgan fingerprint density at radius 2 is 1.36 bits per heavy atom. The van der Waals surface area contributed by atoms with Gasteiger partial charge in [-0.2, -0.15) is 0 Å². The molecule has 4 bridgehead atoms. The summed E-state index contributed by atoms with van der Waals surface area (Å²) in [6.45, 7) is 2.19. The highest BCUT2D eigenvalue weighted by Gasteiger charge is 2.48. The number of benzene rings is 2. The second-order valence-corrected chi connectivity index (χ2v) is 8.87. The van der Waals surface area contributed by atoms with Crippen LogP contribution in [-0.4, -0.2) is 12.6 Å². The van der Waals surface area contributed by atoms with E-state index in [1.165, 1.54) is 37.7 Å². The molecule has 0 spiro atoms. The van der Waals surface area contributed by atoms with Gasteiger partial charge in [0, 0.05) is 0 Å². The van der Waals surface area contributed by atoms with Gasteiger partial charge in [0.15, 0.2) is 0 Å². The molecule has 0 saturated heterocycles. The lowest BCUT2D eigenvalue weighted by molar-refractivity contribution is -0.00279. The molecule has 0 aromatic heterocycles. The van der Waals surface area contributed by atoms with E-state index in [1.54, 1.807) is 12.1 Å². The minimum absolute atomic E-state index is 0.297. The topological polar surface area (TPSA) is 35.5 Å². The van der Waals surface area contributed by atoms with Crippen LogP contribution < -0.4 is 4.74 Å². The highest BCUT2D eigenvalue weighted by atomic mass is 16.5. The van der Waals surface area contributed by atoms with Crippen molar-refractivity contribution in [1.29, 1.82) is 0 Å². The van der Waals surface area contributed by atoms with Gasteiger partial charge in [-0.15, -0.1) is 0 Å². The maximum Gasteiger partial charge on any atom is 0.338 e. The highest BCUT2D eigenvalue weighted by Crippen LogP contribution is 2.59. The summed E-state index contributed by atoms with van der Waals surface area (Å²) >= 11 is 0. The number of carbonyl (C=O) groups excluding carboxylic acids is 1. The lowest BCUT2D eigenvalue weighted by Gasteiger charge is -2.54. The summed E-state index contributed by atoms with van der Waals surface area (Å²) in [5, 5.41) is 0. The van der Waals surface area contributed by atoms with Crippen molar-refractivity contribution >= 4 is 5.97 Å². The maximum atomic E-state index is 11.7. The molecular weight excluding hydrogens is 348 g/mol. The highest BCUT2D eigenvalue weighted by molar-refractivity contribution is 5.89. The number of rotatable bonds is 5. The molecule has 4 aliphatic rings. The summed E-state index contributed by atoms with van der Waals surface area (Å²) in [7, 11) is 0. The van der Waals surface area contributed by atoms with Crippen LogP contribution in [0.25, 0.3) is 0 Å². The molecule has 3 nitrogen and oxygen atoms in total. The zero-order chi connectivity index (χ0) is 19.1. The van der Waals surface area contributed by atoms with E-state index >= 15 is 0 Å². The van der Waals surface area contributed by atoms with Gasteiger partial charge in [-0.05, 0) is 111 Å². The van der Waals surface area contributed by atoms with Crippen molar-refractivity contribution in [3.8, 4) is 11.5 Å². The minimum atomic E-state index is -0.297. The number of esters is 1. The van der Waals surface area contributed by atoms with Crippen LogP contribution in [0.5, 0.6) is 11.5 Å². The maximum absolute atomic E-state index is 11.7. The fourth-order valence-corrected chi connectivity index (χ4v) is 6.24. The van der Waals surface area contributed by atoms with Crippen molar-refractivity contribution in [3.05, 3.63) is 59.7 Å². The molecule has 0 heterocycles. The van der Waals surface area contributed by atoms with Gasteiger partial charge in [0.25, 0.3) is 0 Å². The first-order chi connectivity index (χ1) is 13.7. The smallest absolute Gasteiger partial charge is 0.338 e. The summed E-state index contributed by atoms with van der Waals surface area (Å²) in [6.07, 6.45) is 7.29. The molecule has 4 fully saturated rings. The second kappa shape index (κ2) is 7.27. The number of carbonyl (C=O) groups is 1. The molecule has 0 atom stereocenters. The van der Waals surface area contributed by atoms with Gasteiger partial charge in [-0.25, -0.2) is 4.79 Å². The number of ether oxygens (including phenoxy) is 2. The molecule has 2 aromatic carbocycles. The van der Waals surface area contributed by atoms with Crippen LogP contribution in [0.3, 0.4) is 0 Å². The molecular formula is C25H28O3. The van der Waals surface area contributed by atoms with Crippen molar-refractivity contribution in [1.82, 2.24) is 0 Å². The number of hydrogen-bond acceptors (Lipinski definition) is 3. The van der Waals surface area contributed by atoms with Gasteiger partial charge in [0.05, 0.1) is 12.2 Å². The van der Waals surface area contributed by atoms with Gasteiger partial charge < -0.3 is 9.47 Å². The SMILES string of the molecule is CCOC(=O)c1ccc(Oc2ccc(C3[C@H]4C[C@@H]5C[C@@H](C[C@H]3C5)C4)cc2)cc1. The third kappa shape index (κ3) is 3.32. The Hall–Kier alpha value is -2.29. The lowest BCUT2D eigenvalue weighted by atomic mass is 9.51. The fourth-order valence-electron chi connectivity index (χ4n) is 6.24. The fraction of sp³-hybridized carbons (Fsp3) is 0.480. The zero-order valence-corrected chi connectivity index (χ0v) is 16.5. The van der Waals surface area contributed by atoms with E-state index < -0.39 is 0 Å². The number of hydrogen-bond donors (Lipinski definition) is 0. The Kier molecular flexibility index (Phi) is 4.62. The van der Waals surface area contributed by atoms with Gasteiger partial charge in [-0.1, -0.05) is 12.1 Å². The first-order valence-electron chi connectivity index (χ1n) is 10.7. The average molecular weight is 376 g/mol. The van der Waals surface area contributed by atoms with Crippen molar-refractivity contribution in [2.75, 3.05) is 6.61 Å². The zero-order valence-electron chi connectivity index (χ0n) is 16.5. The molecule has 4 aliphatic carbocycles. The van der Waals surface area contributed by atoms with Crippen molar-refractivity contribution in [2.24, 2.45) is 23.7 Å². The standard InChI is InChI=1S/C25H28O3/c1-2-27-25(26)19-5-9-23(10-6-19)28-22-7-3-18(4-8-22)24-20-12-16-11-17(14-20)15-21(24)13-16/h3-10,16-17,20-21,24H,2,11-15H2,1H3/t16-,17+,20-,21+,24?. The summed E-state index contributed by atoms with van der Waals surface area (Å²) < 4.78 is 11.0. The van der Waals surface area contributed by atoms with E-state index in [-0.39, 0.29) is 5.97 Å². The Balaban J connectivity index is 1.26. The van der Waals surface area contributed by atoms with E-state index in [1.807, 2.05) is 19.1 Å². The van der Waals surface area contributed by atoms with E-state index in [2.05, 4.69) is 24.3 Å². The van der Waals surface area contributed by atoms with Gasteiger partial charge >= 0.3 is 5.97 Å². The quantitative estimate of drug-likeness (QED) is 0.583. The van der Waals surface area contributed by atoms with E-state index in [0.717, 1.165) is 41.1 Å². The molecule has 6 rings (SSSR count). The minimum Gasteiger partial charge on any atom is -0.462 e. The molecule has 0 amide bonds.